The average molecular weight is 347 g/mol. The second-order valence-electron chi connectivity index (χ2n) is 6.69. The minimum absolute atomic E-state index is 0.00690. The van der Waals surface area contributed by atoms with Gasteiger partial charge in [0.15, 0.2) is 4.83 Å². The number of carbonyl (C=O) groups is 1. The van der Waals surface area contributed by atoms with Gasteiger partial charge in [0.1, 0.15) is 12.6 Å². The van der Waals surface area contributed by atoms with E-state index in [0.29, 0.717) is 10.2 Å². The summed E-state index contributed by atoms with van der Waals surface area (Å²) < 4.78 is 6.65. The molecule has 2 aliphatic carbocycles. The molecule has 2 heterocycles. The molecule has 4 rings (SSSR count). The summed E-state index contributed by atoms with van der Waals surface area (Å²) in [6.45, 7) is -0.150. The Morgan fingerprint density at radius 2 is 1.96 bits per heavy atom. The molecule has 24 heavy (non-hydrogen) atoms. The summed E-state index contributed by atoms with van der Waals surface area (Å²) >= 11 is 1.57. The zero-order valence-electron chi connectivity index (χ0n) is 13.6. The first-order valence-corrected chi connectivity index (χ1v) is 9.61. The number of aryl methyl sites for hydroxylation is 2. The summed E-state index contributed by atoms with van der Waals surface area (Å²) in [6, 6.07) is 0. The highest BCUT2D eigenvalue weighted by Crippen LogP contribution is 2.33. The summed E-state index contributed by atoms with van der Waals surface area (Å²) in [5, 5.41) is 8.78. The highest BCUT2D eigenvalue weighted by molar-refractivity contribution is 7.18. The van der Waals surface area contributed by atoms with Gasteiger partial charge in [-0.3, -0.25) is 9.59 Å². The van der Waals surface area contributed by atoms with Crippen LogP contribution < -0.4 is 5.56 Å². The van der Waals surface area contributed by atoms with Crippen molar-refractivity contribution >= 4 is 27.5 Å². The first kappa shape index (κ1) is 15.7. The summed E-state index contributed by atoms with van der Waals surface area (Å²) in [7, 11) is 0. The normalized spacial score (nSPS) is 18.5. The molecular formula is C17H21N3O3S. The molecule has 1 saturated carbocycles. The first-order chi connectivity index (χ1) is 11.7. The molecule has 0 amide bonds. The fourth-order valence-corrected chi connectivity index (χ4v) is 4.94. The molecule has 0 spiro atoms. The number of carbonyl (C=O) groups excluding carboxylic acids is 1. The number of nitrogens with zero attached hydrogens (tertiary/aromatic N) is 3. The number of thiophene rings is 1. The van der Waals surface area contributed by atoms with Crippen molar-refractivity contribution in [1.82, 2.24) is 15.0 Å². The van der Waals surface area contributed by atoms with Crippen molar-refractivity contribution in [3.05, 3.63) is 20.8 Å². The molecule has 2 aromatic heterocycles. The standard InChI is InChI=1S/C17H21N3O3S/c21-14(23-11-6-2-1-3-7-11)10-20-17(22)15-12-8-4-5-9-13(12)24-16(15)18-19-20/h11H,1-10H2. The van der Waals surface area contributed by atoms with Crippen LogP contribution in [0.2, 0.25) is 0 Å². The largest absolute Gasteiger partial charge is 0.461 e. The van der Waals surface area contributed by atoms with E-state index in [0.717, 1.165) is 61.6 Å². The predicted molar refractivity (Wildman–Crippen MR) is 91.3 cm³/mol. The second-order valence-corrected chi connectivity index (χ2v) is 7.78. The van der Waals surface area contributed by atoms with Crippen LogP contribution in [0.1, 0.15) is 55.4 Å². The summed E-state index contributed by atoms with van der Waals surface area (Å²) in [4.78, 5) is 26.9. The topological polar surface area (TPSA) is 74.1 Å². The molecule has 0 aliphatic heterocycles. The van der Waals surface area contributed by atoms with Crippen LogP contribution >= 0.6 is 11.3 Å². The predicted octanol–water partition coefficient (Wildman–Crippen LogP) is 2.61. The molecule has 1 fully saturated rings. The molecule has 0 radical (unpaired) electrons. The summed E-state index contributed by atoms with van der Waals surface area (Å²) in [5.74, 6) is -0.387. The van der Waals surface area contributed by atoms with Gasteiger partial charge in [-0.1, -0.05) is 11.6 Å². The molecule has 0 atom stereocenters. The summed E-state index contributed by atoms with van der Waals surface area (Å²) in [5.41, 5.74) is 0.913. The Labute approximate surface area is 143 Å². The van der Waals surface area contributed by atoms with Crippen molar-refractivity contribution in [2.45, 2.75) is 70.4 Å². The third-order valence-corrected chi connectivity index (χ3v) is 6.15. The SMILES string of the molecule is O=C(Cn1nnc2sc3c(c2c1=O)CCCC3)OC1CCCCC1. The number of rotatable bonds is 3. The van der Waals surface area contributed by atoms with Crippen LogP contribution in [-0.4, -0.2) is 27.1 Å². The van der Waals surface area contributed by atoms with Gasteiger partial charge in [-0.15, -0.1) is 16.4 Å². The average Bonchev–Trinajstić information content (AvgIpc) is 2.97. The monoisotopic (exact) mass is 347 g/mol. The second kappa shape index (κ2) is 6.63. The van der Waals surface area contributed by atoms with Gasteiger partial charge in [0.2, 0.25) is 0 Å². The smallest absolute Gasteiger partial charge is 0.328 e. The zero-order chi connectivity index (χ0) is 16.5. The van der Waals surface area contributed by atoms with E-state index in [4.69, 9.17) is 4.74 Å². The van der Waals surface area contributed by atoms with E-state index < -0.39 is 0 Å². The van der Waals surface area contributed by atoms with Gasteiger partial charge in [0, 0.05) is 4.88 Å². The van der Waals surface area contributed by atoms with E-state index in [-0.39, 0.29) is 24.2 Å². The van der Waals surface area contributed by atoms with Crippen molar-refractivity contribution in [3.8, 4) is 0 Å². The number of ether oxygens (including phenoxy) is 1. The Kier molecular flexibility index (Phi) is 4.35. The molecule has 2 aromatic rings. The van der Waals surface area contributed by atoms with Crippen molar-refractivity contribution < 1.29 is 9.53 Å². The third kappa shape index (κ3) is 2.97. The molecule has 2 aliphatic rings. The lowest BCUT2D eigenvalue weighted by Crippen LogP contribution is -2.31. The number of hydrogen-bond acceptors (Lipinski definition) is 6. The molecule has 128 valence electrons. The number of aromatic nitrogens is 3. The van der Waals surface area contributed by atoms with Crippen LogP contribution in [0.3, 0.4) is 0 Å². The van der Waals surface area contributed by atoms with Gasteiger partial charge in [0.05, 0.1) is 5.39 Å². The molecule has 0 N–H and O–H groups in total. The van der Waals surface area contributed by atoms with Crippen LogP contribution in [0.15, 0.2) is 4.79 Å². The van der Waals surface area contributed by atoms with Crippen LogP contribution in [0.5, 0.6) is 0 Å². The Morgan fingerprint density at radius 3 is 2.79 bits per heavy atom. The number of fused-ring (bicyclic) bond motifs is 3. The first-order valence-electron chi connectivity index (χ1n) is 8.80. The quantitative estimate of drug-likeness (QED) is 0.798. The minimum Gasteiger partial charge on any atom is -0.461 e. The fraction of sp³-hybridized carbons (Fsp3) is 0.647. The Hall–Kier alpha value is -1.76. The molecule has 7 heteroatoms. The minimum atomic E-state index is -0.387. The van der Waals surface area contributed by atoms with Crippen molar-refractivity contribution in [3.63, 3.8) is 0 Å². The van der Waals surface area contributed by atoms with Gasteiger partial charge < -0.3 is 4.74 Å². The van der Waals surface area contributed by atoms with E-state index in [9.17, 15) is 9.59 Å². The van der Waals surface area contributed by atoms with E-state index >= 15 is 0 Å². The third-order valence-electron chi connectivity index (χ3n) is 4.97. The molecule has 0 bridgehead atoms. The number of hydrogen-bond donors (Lipinski definition) is 0. The lowest BCUT2D eigenvalue weighted by molar-refractivity contribution is -0.151. The fourth-order valence-electron chi connectivity index (χ4n) is 3.74. The maximum Gasteiger partial charge on any atom is 0.328 e. The number of esters is 1. The van der Waals surface area contributed by atoms with Crippen molar-refractivity contribution in [2.75, 3.05) is 0 Å². The maximum absolute atomic E-state index is 12.7. The van der Waals surface area contributed by atoms with Crippen molar-refractivity contribution in [2.24, 2.45) is 0 Å². The Balaban J connectivity index is 1.57. The van der Waals surface area contributed by atoms with Crippen molar-refractivity contribution in [1.29, 1.82) is 0 Å². The summed E-state index contributed by atoms with van der Waals surface area (Å²) in [6.07, 6.45) is 9.44. The molecule has 0 aromatic carbocycles. The van der Waals surface area contributed by atoms with Gasteiger partial charge in [0.25, 0.3) is 5.56 Å². The zero-order valence-corrected chi connectivity index (χ0v) is 14.4. The lowest BCUT2D eigenvalue weighted by atomic mass is 9.97. The van der Waals surface area contributed by atoms with E-state index in [1.165, 1.54) is 11.3 Å². The maximum atomic E-state index is 12.7. The molecule has 0 unspecified atom stereocenters. The van der Waals surface area contributed by atoms with Gasteiger partial charge >= 0.3 is 5.97 Å². The van der Waals surface area contributed by atoms with Gasteiger partial charge in [-0.2, -0.15) is 4.68 Å². The Bertz CT molecular complexity index is 820. The molecule has 6 nitrogen and oxygen atoms in total. The highest BCUT2D eigenvalue weighted by atomic mass is 32.1. The van der Waals surface area contributed by atoms with Crippen LogP contribution in [0, 0.1) is 0 Å². The molecular weight excluding hydrogens is 326 g/mol. The van der Waals surface area contributed by atoms with E-state index in [1.54, 1.807) is 11.3 Å². The van der Waals surface area contributed by atoms with Crippen LogP contribution in [0.4, 0.5) is 0 Å². The van der Waals surface area contributed by atoms with Crippen LogP contribution in [-0.2, 0) is 28.9 Å². The van der Waals surface area contributed by atoms with E-state index in [2.05, 4.69) is 10.3 Å². The van der Waals surface area contributed by atoms with Gasteiger partial charge in [-0.25, -0.2) is 0 Å². The van der Waals surface area contributed by atoms with Crippen LogP contribution in [0.25, 0.3) is 10.2 Å². The molecule has 0 saturated heterocycles. The Morgan fingerprint density at radius 1 is 1.17 bits per heavy atom. The van der Waals surface area contributed by atoms with Gasteiger partial charge in [-0.05, 0) is 56.9 Å². The van der Waals surface area contributed by atoms with E-state index in [1.807, 2.05) is 0 Å². The highest BCUT2D eigenvalue weighted by Gasteiger charge is 2.22. The lowest BCUT2D eigenvalue weighted by Gasteiger charge is -2.21.